The number of aryl methyl sites for hydroxylation is 1. The maximum atomic E-state index is 13.0. The van der Waals surface area contributed by atoms with Crippen molar-refractivity contribution < 1.29 is 13.2 Å². The third-order valence-corrected chi connectivity index (χ3v) is 9.27. The summed E-state index contributed by atoms with van der Waals surface area (Å²) in [6.45, 7) is 3.33. The zero-order valence-electron chi connectivity index (χ0n) is 21.4. The van der Waals surface area contributed by atoms with Crippen molar-refractivity contribution in [3.05, 3.63) is 93.2 Å². The Balaban J connectivity index is 1.39. The summed E-state index contributed by atoms with van der Waals surface area (Å²) >= 11 is 1.58. The molecule has 38 heavy (non-hydrogen) atoms. The molecule has 0 atom stereocenters. The molecule has 1 aliphatic rings. The van der Waals surface area contributed by atoms with E-state index in [1.54, 1.807) is 29.0 Å². The predicted molar refractivity (Wildman–Crippen MR) is 152 cm³/mol. The molecular weight excluding hydrogens is 520 g/mol. The first-order valence-corrected chi connectivity index (χ1v) is 15.1. The second kappa shape index (κ2) is 10.8. The molecule has 5 rings (SSSR count). The van der Waals surface area contributed by atoms with Crippen molar-refractivity contribution in [1.82, 2.24) is 19.1 Å². The van der Waals surface area contributed by atoms with Gasteiger partial charge in [-0.05, 0) is 29.3 Å². The Morgan fingerprint density at radius 1 is 1.00 bits per heavy atom. The molecule has 2 aromatic heterocycles. The molecule has 8 nitrogen and oxygen atoms in total. The fourth-order valence-corrected chi connectivity index (χ4v) is 6.78. The third-order valence-electron chi connectivity index (χ3n) is 6.81. The zero-order chi connectivity index (χ0) is 26.9. The van der Waals surface area contributed by atoms with Gasteiger partial charge < -0.3 is 9.88 Å². The van der Waals surface area contributed by atoms with Crippen LogP contribution in [0.2, 0.25) is 0 Å². The van der Waals surface area contributed by atoms with Crippen LogP contribution in [0.15, 0.2) is 71.7 Å². The Morgan fingerprint density at radius 3 is 2.45 bits per heavy atom. The van der Waals surface area contributed by atoms with Gasteiger partial charge in [-0.1, -0.05) is 42.5 Å². The SMILES string of the molecule is Cn1cc(-c2cccc(C(=O)NCc3ccccc3)c2)c2sc(CN3CCN(S(C)(=O)=O)CC3)cc2c1=O. The highest BCUT2D eigenvalue weighted by Crippen LogP contribution is 2.34. The average molecular weight is 551 g/mol. The molecule has 3 heterocycles. The van der Waals surface area contributed by atoms with Crippen molar-refractivity contribution in [3.8, 4) is 11.1 Å². The van der Waals surface area contributed by atoms with E-state index in [2.05, 4.69) is 10.2 Å². The first-order valence-electron chi connectivity index (χ1n) is 12.4. The Labute approximate surface area is 226 Å². The van der Waals surface area contributed by atoms with Gasteiger partial charge in [-0.25, -0.2) is 8.42 Å². The van der Waals surface area contributed by atoms with Crippen LogP contribution in [-0.2, 0) is 30.2 Å². The number of sulfonamides is 1. The largest absolute Gasteiger partial charge is 0.348 e. The standard InChI is InChI=1S/C28H30N4O4S2/c1-30-19-25(21-9-6-10-22(15-21)27(33)29-17-20-7-4-3-5-8-20)26-24(28(30)34)16-23(37-26)18-31-11-13-32(14-12-31)38(2,35)36/h3-10,15-16,19H,11-14,17-18H2,1-2H3,(H,29,33). The Bertz CT molecular complexity index is 1640. The van der Waals surface area contributed by atoms with Gasteiger partial charge in [0.15, 0.2) is 0 Å². The number of amides is 1. The average Bonchev–Trinajstić information content (AvgIpc) is 3.33. The van der Waals surface area contributed by atoms with E-state index >= 15 is 0 Å². The molecule has 1 amide bonds. The quantitative estimate of drug-likeness (QED) is 0.381. The second-order valence-electron chi connectivity index (χ2n) is 9.60. The summed E-state index contributed by atoms with van der Waals surface area (Å²) in [5.74, 6) is -0.156. The molecule has 1 N–H and O–H groups in total. The highest BCUT2D eigenvalue weighted by molar-refractivity contribution is 7.88. The lowest BCUT2D eigenvalue weighted by atomic mass is 10.0. The van der Waals surface area contributed by atoms with E-state index in [0.29, 0.717) is 50.2 Å². The summed E-state index contributed by atoms with van der Waals surface area (Å²) < 4.78 is 27.6. The molecule has 0 spiro atoms. The van der Waals surface area contributed by atoms with Gasteiger partial charge in [-0.2, -0.15) is 4.31 Å². The number of nitrogens with one attached hydrogen (secondary N) is 1. The summed E-state index contributed by atoms with van der Waals surface area (Å²) in [5.41, 5.74) is 3.29. The van der Waals surface area contributed by atoms with Crippen LogP contribution in [0.25, 0.3) is 21.2 Å². The molecule has 0 radical (unpaired) electrons. The fraction of sp³-hybridized carbons (Fsp3) is 0.286. The molecule has 1 saturated heterocycles. The molecule has 0 bridgehead atoms. The topological polar surface area (TPSA) is 91.7 Å². The van der Waals surface area contributed by atoms with E-state index in [0.717, 1.165) is 26.3 Å². The molecule has 10 heteroatoms. The number of hydrogen-bond acceptors (Lipinski definition) is 6. The van der Waals surface area contributed by atoms with Crippen LogP contribution in [0.3, 0.4) is 0 Å². The maximum Gasteiger partial charge on any atom is 0.259 e. The normalized spacial score (nSPS) is 15.1. The van der Waals surface area contributed by atoms with E-state index in [9.17, 15) is 18.0 Å². The van der Waals surface area contributed by atoms with Crippen LogP contribution < -0.4 is 10.9 Å². The number of aromatic nitrogens is 1. The van der Waals surface area contributed by atoms with Crippen molar-refractivity contribution in [2.24, 2.45) is 7.05 Å². The van der Waals surface area contributed by atoms with E-state index in [1.807, 2.05) is 60.8 Å². The molecule has 198 valence electrons. The fourth-order valence-electron chi connectivity index (χ4n) is 4.73. The maximum absolute atomic E-state index is 13.0. The Morgan fingerprint density at radius 2 is 1.74 bits per heavy atom. The van der Waals surface area contributed by atoms with Crippen molar-refractivity contribution in [2.75, 3.05) is 32.4 Å². The molecule has 1 aliphatic heterocycles. The highest BCUT2D eigenvalue weighted by atomic mass is 32.2. The van der Waals surface area contributed by atoms with Gasteiger partial charge in [0.25, 0.3) is 11.5 Å². The monoisotopic (exact) mass is 550 g/mol. The van der Waals surface area contributed by atoms with Crippen LogP contribution in [0, 0.1) is 0 Å². The lowest BCUT2D eigenvalue weighted by Gasteiger charge is -2.32. The van der Waals surface area contributed by atoms with Gasteiger partial charge in [0.1, 0.15) is 0 Å². The number of rotatable bonds is 7. The number of carbonyl (C=O) groups is 1. The summed E-state index contributed by atoms with van der Waals surface area (Å²) in [6.07, 6.45) is 3.07. The van der Waals surface area contributed by atoms with Gasteiger partial charge >= 0.3 is 0 Å². The summed E-state index contributed by atoms with van der Waals surface area (Å²) in [7, 11) is -1.44. The van der Waals surface area contributed by atoms with Gasteiger partial charge in [0.2, 0.25) is 10.0 Å². The van der Waals surface area contributed by atoms with Gasteiger partial charge in [0.05, 0.1) is 11.6 Å². The van der Waals surface area contributed by atoms with Crippen LogP contribution in [0.5, 0.6) is 0 Å². The van der Waals surface area contributed by atoms with Crippen molar-refractivity contribution in [2.45, 2.75) is 13.1 Å². The van der Waals surface area contributed by atoms with Crippen LogP contribution >= 0.6 is 11.3 Å². The molecule has 0 aliphatic carbocycles. The summed E-state index contributed by atoms with van der Waals surface area (Å²) in [6, 6.07) is 19.2. The molecule has 1 fully saturated rings. The number of fused-ring (bicyclic) bond motifs is 1. The minimum absolute atomic E-state index is 0.0649. The minimum Gasteiger partial charge on any atom is -0.348 e. The van der Waals surface area contributed by atoms with Crippen molar-refractivity contribution >= 4 is 37.4 Å². The van der Waals surface area contributed by atoms with Gasteiger partial charge in [-0.15, -0.1) is 11.3 Å². The molecule has 4 aromatic rings. The number of hydrogen-bond donors (Lipinski definition) is 1. The van der Waals surface area contributed by atoms with Crippen molar-refractivity contribution in [3.63, 3.8) is 0 Å². The van der Waals surface area contributed by atoms with E-state index in [4.69, 9.17) is 0 Å². The number of benzene rings is 2. The summed E-state index contributed by atoms with van der Waals surface area (Å²) in [4.78, 5) is 29.1. The lowest BCUT2D eigenvalue weighted by Crippen LogP contribution is -2.47. The lowest BCUT2D eigenvalue weighted by molar-refractivity contribution is 0.0951. The van der Waals surface area contributed by atoms with Crippen LogP contribution in [0.4, 0.5) is 0 Å². The van der Waals surface area contributed by atoms with E-state index in [-0.39, 0.29) is 11.5 Å². The number of carbonyl (C=O) groups excluding carboxylic acids is 1. The number of thiophene rings is 1. The van der Waals surface area contributed by atoms with Crippen LogP contribution in [0.1, 0.15) is 20.8 Å². The number of nitrogens with zero attached hydrogens (tertiary/aromatic N) is 3. The Kier molecular flexibility index (Phi) is 7.49. The molecule has 0 unspecified atom stereocenters. The van der Waals surface area contributed by atoms with E-state index in [1.165, 1.54) is 10.6 Å². The predicted octanol–water partition coefficient (Wildman–Crippen LogP) is 3.27. The van der Waals surface area contributed by atoms with Crippen molar-refractivity contribution in [1.29, 1.82) is 0 Å². The smallest absolute Gasteiger partial charge is 0.259 e. The zero-order valence-corrected chi connectivity index (χ0v) is 23.0. The van der Waals surface area contributed by atoms with Crippen LogP contribution in [-0.4, -0.2) is 60.5 Å². The minimum atomic E-state index is -3.18. The second-order valence-corrected chi connectivity index (χ2v) is 12.7. The molecule has 0 saturated carbocycles. The number of piperazine rings is 1. The van der Waals surface area contributed by atoms with Gasteiger partial charge in [0, 0.05) is 73.2 Å². The third kappa shape index (κ3) is 5.73. The first kappa shape index (κ1) is 26.3. The van der Waals surface area contributed by atoms with E-state index < -0.39 is 10.0 Å². The highest BCUT2D eigenvalue weighted by Gasteiger charge is 2.24. The number of pyridine rings is 1. The molecule has 2 aromatic carbocycles. The first-order chi connectivity index (χ1) is 18.2. The van der Waals surface area contributed by atoms with Gasteiger partial charge in [-0.3, -0.25) is 14.5 Å². The summed E-state index contributed by atoms with van der Waals surface area (Å²) in [5, 5.41) is 3.63. The Hall–Kier alpha value is -3.31. The molecular formula is C28H30N4O4S2.